The molecule has 196 valence electrons. The predicted octanol–water partition coefficient (Wildman–Crippen LogP) is 5.35. The molecule has 3 unspecified atom stereocenters. The quantitative estimate of drug-likeness (QED) is 0.491. The lowest BCUT2D eigenvalue weighted by molar-refractivity contribution is -0.146. The van der Waals surface area contributed by atoms with Gasteiger partial charge in [-0.3, -0.25) is 9.59 Å². The monoisotopic (exact) mass is 487 g/mol. The highest BCUT2D eigenvalue weighted by atomic mass is 16.6. The molecule has 1 aliphatic carbocycles. The third-order valence-electron chi connectivity index (χ3n) is 6.52. The Kier molecular flexibility index (Phi) is 10.6. The minimum Gasteiger partial charge on any atom is -0.444 e. The van der Waals surface area contributed by atoms with Crippen molar-refractivity contribution >= 4 is 17.9 Å². The van der Waals surface area contributed by atoms with E-state index in [2.05, 4.69) is 10.6 Å². The number of hydrogen-bond donors (Lipinski definition) is 2. The van der Waals surface area contributed by atoms with Crippen molar-refractivity contribution in [1.82, 2.24) is 15.5 Å². The van der Waals surface area contributed by atoms with Crippen LogP contribution in [0.2, 0.25) is 0 Å². The van der Waals surface area contributed by atoms with Gasteiger partial charge in [0.1, 0.15) is 17.7 Å². The standard InChI is InChI=1S/C28H45N3O4/c1-8-20(4)31(26(33)23(19(2)3)30-27(34)35-28(5,6)7)24(21-15-11-9-12-16-21)25(32)29-22-17-13-10-14-18-22/h9,11-12,15-16,19-20,22-24H,8,10,13-14,17-18H2,1-7H3,(H,29,32)(H,30,34). The van der Waals surface area contributed by atoms with Crippen molar-refractivity contribution in [2.24, 2.45) is 5.92 Å². The van der Waals surface area contributed by atoms with Crippen molar-refractivity contribution in [2.75, 3.05) is 0 Å². The molecule has 1 aliphatic rings. The maximum absolute atomic E-state index is 14.1. The molecule has 1 aromatic rings. The Labute approximate surface area is 211 Å². The number of carbonyl (C=O) groups is 3. The van der Waals surface area contributed by atoms with Crippen molar-refractivity contribution in [3.05, 3.63) is 35.9 Å². The first-order chi connectivity index (χ1) is 16.4. The van der Waals surface area contributed by atoms with Crippen molar-refractivity contribution in [1.29, 1.82) is 0 Å². The number of amides is 3. The van der Waals surface area contributed by atoms with Crippen LogP contribution >= 0.6 is 0 Å². The van der Waals surface area contributed by atoms with Gasteiger partial charge in [0.25, 0.3) is 0 Å². The van der Waals surface area contributed by atoms with E-state index in [-0.39, 0.29) is 29.8 Å². The summed E-state index contributed by atoms with van der Waals surface area (Å²) < 4.78 is 5.43. The Morgan fingerprint density at radius 2 is 1.63 bits per heavy atom. The second-order valence-electron chi connectivity index (χ2n) is 11.0. The molecule has 7 nitrogen and oxygen atoms in total. The molecule has 0 saturated heterocycles. The number of nitrogens with one attached hydrogen (secondary N) is 2. The van der Waals surface area contributed by atoms with Gasteiger partial charge in [0.2, 0.25) is 11.8 Å². The van der Waals surface area contributed by atoms with Gasteiger partial charge in [-0.2, -0.15) is 0 Å². The van der Waals surface area contributed by atoms with Gasteiger partial charge in [-0.25, -0.2) is 4.79 Å². The topological polar surface area (TPSA) is 87.7 Å². The van der Waals surface area contributed by atoms with Gasteiger partial charge in [-0.15, -0.1) is 0 Å². The molecule has 0 spiro atoms. The van der Waals surface area contributed by atoms with Gasteiger partial charge < -0.3 is 20.3 Å². The Bertz CT molecular complexity index is 828. The molecule has 7 heteroatoms. The average Bonchev–Trinajstić information content (AvgIpc) is 2.79. The summed E-state index contributed by atoms with van der Waals surface area (Å²) in [5.41, 5.74) is 0.0755. The fourth-order valence-electron chi connectivity index (χ4n) is 4.50. The molecule has 1 aromatic carbocycles. The molecule has 3 atom stereocenters. The smallest absolute Gasteiger partial charge is 0.408 e. The Morgan fingerprint density at radius 3 is 2.14 bits per heavy atom. The van der Waals surface area contributed by atoms with E-state index in [0.717, 1.165) is 31.2 Å². The third kappa shape index (κ3) is 8.55. The van der Waals surface area contributed by atoms with Gasteiger partial charge in [-0.05, 0) is 58.4 Å². The Morgan fingerprint density at radius 1 is 1.03 bits per heavy atom. The van der Waals surface area contributed by atoms with E-state index in [1.807, 2.05) is 58.0 Å². The minimum atomic E-state index is -0.826. The summed E-state index contributed by atoms with van der Waals surface area (Å²) in [7, 11) is 0. The normalized spacial score (nSPS) is 17.3. The van der Waals surface area contributed by atoms with Crippen LogP contribution in [0.1, 0.15) is 98.6 Å². The second-order valence-corrected chi connectivity index (χ2v) is 11.0. The van der Waals surface area contributed by atoms with E-state index >= 15 is 0 Å². The van der Waals surface area contributed by atoms with Gasteiger partial charge in [0.05, 0.1) is 0 Å². The summed E-state index contributed by atoms with van der Waals surface area (Å²) in [6.45, 7) is 13.1. The van der Waals surface area contributed by atoms with Gasteiger partial charge in [0.15, 0.2) is 0 Å². The second kappa shape index (κ2) is 12.9. The molecular weight excluding hydrogens is 442 g/mol. The minimum absolute atomic E-state index is 0.122. The van der Waals surface area contributed by atoms with Crippen LogP contribution in [-0.4, -0.2) is 46.5 Å². The van der Waals surface area contributed by atoms with Gasteiger partial charge in [0, 0.05) is 12.1 Å². The maximum atomic E-state index is 14.1. The summed E-state index contributed by atoms with van der Waals surface area (Å²) >= 11 is 0. The zero-order chi connectivity index (χ0) is 26.2. The average molecular weight is 488 g/mol. The van der Waals surface area contributed by atoms with E-state index < -0.39 is 23.8 Å². The van der Waals surface area contributed by atoms with Crippen LogP contribution in [0.4, 0.5) is 4.79 Å². The van der Waals surface area contributed by atoms with E-state index in [0.29, 0.717) is 6.42 Å². The van der Waals surface area contributed by atoms with Gasteiger partial charge in [-0.1, -0.05) is 70.4 Å². The van der Waals surface area contributed by atoms with Crippen LogP contribution in [0.3, 0.4) is 0 Å². The third-order valence-corrected chi connectivity index (χ3v) is 6.52. The fraction of sp³-hybridized carbons (Fsp3) is 0.679. The maximum Gasteiger partial charge on any atom is 0.408 e. The molecule has 0 radical (unpaired) electrons. The van der Waals surface area contributed by atoms with E-state index in [1.165, 1.54) is 6.42 Å². The number of carbonyl (C=O) groups excluding carboxylic acids is 3. The molecule has 0 aliphatic heterocycles. The molecule has 2 N–H and O–H groups in total. The van der Waals surface area contributed by atoms with Crippen molar-refractivity contribution < 1.29 is 19.1 Å². The largest absolute Gasteiger partial charge is 0.444 e. The van der Waals surface area contributed by atoms with Crippen molar-refractivity contribution in [3.63, 3.8) is 0 Å². The summed E-state index contributed by atoms with van der Waals surface area (Å²) in [5.74, 6) is -0.649. The van der Waals surface area contributed by atoms with Crippen LogP contribution in [0, 0.1) is 5.92 Å². The number of hydrogen-bond acceptors (Lipinski definition) is 4. The summed E-state index contributed by atoms with van der Waals surface area (Å²) in [4.78, 5) is 42.1. The first kappa shape index (κ1) is 28.7. The van der Waals surface area contributed by atoms with Crippen molar-refractivity contribution in [3.8, 4) is 0 Å². The van der Waals surface area contributed by atoms with Crippen LogP contribution in [0.5, 0.6) is 0 Å². The molecule has 35 heavy (non-hydrogen) atoms. The number of benzene rings is 1. The van der Waals surface area contributed by atoms with Crippen LogP contribution in [0.25, 0.3) is 0 Å². The van der Waals surface area contributed by atoms with Gasteiger partial charge >= 0.3 is 6.09 Å². The first-order valence-corrected chi connectivity index (χ1v) is 13.1. The molecule has 0 heterocycles. The molecular formula is C28H45N3O4. The first-order valence-electron chi connectivity index (χ1n) is 13.1. The Hall–Kier alpha value is -2.57. The predicted molar refractivity (Wildman–Crippen MR) is 139 cm³/mol. The Balaban J connectivity index is 2.42. The number of ether oxygens (including phenoxy) is 1. The SMILES string of the molecule is CCC(C)N(C(=O)C(NC(=O)OC(C)(C)C)C(C)C)C(C(=O)NC1CCCCC1)c1ccccc1. The fourth-order valence-corrected chi connectivity index (χ4v) is 4.50. The number of rotatable bonds is 9. The van der Waals surface area contributed by atoms with Crippen LogP contribution < -0.4 is 10.6 Å². The summed E-state index contributed by atoms with van der Waals surface area (Å²) in [6.07, 6.45) is 5.34. The lowest BCUT2D eigenvalue weighted by atomic mass is 9.93. The molecule has 2 rings (SSSR count). The highest BCUT2D eigenvalue weighted by molar-refractivity contribution is 5.92. The highest BCUT2D eigenvalue weighted by Crippen LogP contribution is 2.28. The zero-order valence-corrected chi connectivity index (χ0v) is 22.6. The van der Waals surface area contributed by atoms with E-state index in [4.69, 9.17) is 4.74 Å². The lowest BCUT2D eigenvalue weighted by Gasteiger charge is -2.39. The van der Waals surface area contributed by atoms with Crippen LogP contribution in [0.15, 0.2) is 30.3 Å². The number of nitrogens with zero attached hydrogens (tertiary/aromatic N) is 1. The molecule has 1 fully saturated rings. The van der Waals surface area contributed by atoms with E-state index in [9.17, 15) is 14.4 Å². The molecule has 3 amide bonds. The van der Waals surface area contributed by atoms with Crippen LogP contribution in [-0.2, 0) is 14.3 Å². The zero-order valence-electron chi connectivity index (χ0n) is 22.6. The van der Waals surface area contributed by atoms with Crippen molar-refractivity contribution in [2.45, 2.75) is 117 Å². The number of alkyl carbamates (subject to hydrolysis) is 1. The molecule has 0 bridgehead atoms. The highest BCUT2D eigenvalue weighted by Gasteiger charge is 2.40. The summed E-state index contributed by atoms with van der Waals surface area (Å²) in [5, 5.41) is 6.00. The van der Waals surface area contributed by atoms with E-state index in [1.54, 1.807) is 25.7 Å². The molecule has 1 saturated carbocycles. The molecule has 0 aromatic heterocycles. The lowest BCUT2D eigenvalue weighted by Crippen LogP contribution is -2.57. The summed E-state index contributed by atoms with van der Waals surface area (Å²) in [6, 6.07) is 7.73.